The molecule has 1 aliphatic heterocycles. The van der Waals surface area contributed by atoms with Crippen LogP contribution in [0.25, 0.3) is 0 Å². The van der Waals surface area contributed by atoms with Crippen molar-refractivity contribution in [2.24, 2.45) is 0 Å². The van der Waals surface area contributed by atoms with Crippen LogP contribution in [-0.4, -0.2) is 22.5 Å². The van der Waals surface area contributed by atoms with E-state index >= 15 is 0 Å². The van der Waals surface area contributed by atoms with E-state index in [2.05, 4.69) is 6.92 Å². The Hall–Kier alpha value is -0.180. The van der Waals surface area contributed by atoms with Gasteiger partial charge in [-0.15, -0.1) is 0 Å². The van der Waals surface area contributed by atoms with Gasteiger partial charge in [-0.2, -0.15) is 0 Å². The zero-order valence-corrected chi connectivity index (χ0v) is 8.53. The summed E-state index contributed by atoms with van der Waals surface area (Å²) >= 11 is 1.71. The van der Waals surface area contributed by atoms with Crippen LogP contribution >= 0.6 is 11.9 Å². The first kappa shape index (κ1) is 9.90. The predicted octanol–water partition coefficient (Wildman–Crippen LogP) is 2.45. The van der Waals surface area contributed by atoms with Crippen molar-refractivity contribution < 1.29 is 4.79 Å². The molecule has 1 rings (SSSR count). The third-order valence-corrected chi connectivity index (χ3v) is 3.19. The van der Waals surface area contributed by atoms with Gasteiger partial charge in [0.05, 0.1) is 0 Å². The summed E-state index contributed by atoms with van der Waals surface area (Å²) in [5, 5.41) is 0. The molecule has 0 aliphatic carbocycles. The number of carbonyl (C=O) groups excluding carboxylic acids is 1. The lowest BCUT2D eigenvalue weighted by Crippen LogP contribution is -2.29. The molecule has 0 atom stereocenters. The largest absolute Gasteiger partial charge is 0.286 e. The number of hydrogen-bond donors (Lipinski definition) is 0. The minimum Gasteiger partial charge on any atom is -0.286 e. The summed E-state index contributed by atoms with van der Waals surface area (Å²) in [6.07, 6.45) is 5.47. The molecule has 70 valence electrons. The summed E-state index contributed by atoms with van der Waals surface area (Å²) in [4.78, 5) is 11.3. The number of hydrogen-bond acceptors (Lipinski definition) is 2. The van der Waals surface area contributed by atoms with E-state index in [1.54, 1.807) is 11.9 Å². The molecule has 12 heavy (non-hydrogen) atoms. The van der Waals surface area contributed by atoms with E-state index in [-0.39, 0.29) is 0 Å². The fourth-order valence-corrected chi connectivity index (χ4v) is 2.37. The van der Waals surface area contributed by atoms with Crippen LogP contribution in [0.4, 0.5) is 0 Å². The molecule has 1 aliphatic rings. The lowest BCUT2D eigenvalue weighted by molar-refractivity contribution is -0.127. The van der Waals surface area contributed by atoms with E-state index in [9.17, 15) is 4.79 Å². The van der Waals surface area contributed by atoms with Gasteiger partial charge in [-0.05, 0) is 31.2 Å². The highest BCUT2D eigenvalue weighted by Gasteiger charge is 2.17. The predicted molar refractivity (Wildman–Crippen MR) is 52.9 cm³/mol. The Morgan fingerprint density at radius 2 is 2.33 bits per heavy atom. The first-order valence-corrected chi connectivity index (χ1v) is 5.72. The second-order valence-corrected chi connectivity index (χ2v) is 4.25. The maximum atomic E-state index is 11.3. The molecule has 0 bridgehead atoms. The molecule has 0 saturated carbocycles. The third-order valence-electron chi connectivity index (χ3n) is 2.03. The normalized spacial score (nSPS) is 18.4. The Morgan fingerprint density at radius 1 is 1.50 bits per heavy atom. The molecule has 2 nitrogen and oxygen atoms in total. The average molecular weight is 187 g/mol. The molecule has 1 amide bonds. The van der Waals surface area contributed by atoms with Crippen LogP contribution in [0, 0.1) is 0 Å². The second kappa shape index (κ2) is 5.46. The van der Waals surface area contributed by atoms with Gasteiger partial charge in [0.1, 0.15) is 0 Å². The van der Waals surface area contributed by atoms with E-state index in [1.807, 2.05) is 4.31 Å². The smallest absolute Gasteiger partial charge is 0.232 e. The van der Waals surface area contributed by atoms with Gasteiger partial charge in [0.2, 0.25) is 5.91 Å². The molecule has 0 N–H and O–H groups in total. The van der Waals surface area contributed by atoms with Crippen LogP contribution in [0.2, 0.25) is 0 Å². The molecule has 1 fully saturated rings. The first-order valence-electron chi connectivity index (χ1n) is 4.78. The quantitative estimate of drug-likeness (QED) is 0.497. The Kier molecular flexibility index (Phi) is 4.51. The summed E-state index contributed by atoms with van der Waals surface area (Å²) in [6, 6.07) is 0. The summed E-state index contributed by atoms with van der Waals surface area (Å²) in [7, 11) is 0. The van der Waals surface area contributed by atoms with Crippen LogP contribution < -0.4 is 0 Å². The highest BCUT2D eigenvalue weighted by molar-refractivity contribution is 7.97. The summed E-state index contributed by atoms with van der Waals surface area (Å²) in [6.45, 7) is 3.14. The lowest BCUT2D eigenvalue weighted by Gasteiger charge is -2.25. The SMILES string of the molecule is CCCCSN1CCCCC1=O. The van der Waals surface area contributed by atoms with Gasteiger partial charge in [0.25, 0.3) is 0 Å². The Labute approximate surface area is 78.8 Å². The zero-order chi connectivity index (χ0) is 8.81. The first-order chi connectivity index (χ1) is 5.84. The van der Waals surface area contributed by atoms with Crippen molar-refractivity contribution in [2.75, 3.05) is 12.3 Å². The van der Waals surface area contributed by atoms with E-state index in [0.29, 0.717) is 5.91 Å². The number of amides is 1. The number of nitrogens with zero attached hydrogens (tertiary/aromatic N) is 1. The topological polar surface area (TPSA) is 20.3 Å². The number of rotatable bonds is 4. The van der Waals surface area contributed by atoms with Gasteiger partial charge in [0, 0.05) is 18.7 Å². The van der Waals surface area contributed by atoms with Gasteiger partial charge in [-0.25, -0.2) is 0 Å². The maximum Gasteiger partial charge on any atom is 0.232 e. The standard InChI is InChI=1S/C9H17NOS/c1-2-3-8-12-10-7-5-4-6-9(10)11/h2-8H2,1H3. The Balaban J connectivity index is 2.16. The maximum absolute atomic E-state index is 11.3. The Bertz CT molecular complexity index is 149. The monoisotopic (exact) mass is 187 g/mol. The Morgan fingerprint density at radius 3 is 3.00 bits per heavy atom. The van der Waals surface area contributed by atoms with E-state index in [1.165, 1.54) is 19.3 Å². The second-order valence-electron chi connectivity index (χ2n) is 3.14. The lowest BCUT2D eigenvalue weighted by atomic mass is 10.2. The summed E-state index contributed by atoms with van der Waals surface area (Å²) < 4.78 is 1.94. The van der Waals surface area contributed by atoms with Crippen LogP contribution in [0.15, 0.2) is 0 Å². The molecule has 1 saturated heterocycles. The van der Waals surface area contributed by atoms with Crippen molar-refractivity contribution in [3.05, 3.63) is 0 Å². The molecular weight excluding hydrogens is 170 g/mol. The highest BCUT2D eigenvalue weighted by Crippen LogP contribution is 2.20. The fourth-order valence-electron chi connectivity index (χ4n) is 1.24. The minimum atomic E-state index is 0.336. The molecular formula is C9H17NOS. The van der Waals surface area contributed by atoms with Crippen molar-refractivity contribution in [3.8, 4) is 0 Å². The van der Waals surface area contributed by atoms with Crippen molar-refractivity contribution in [1.82, 2.24) is 4.31 Å². The summed E-state index contributed by atoms with van der Waals surface area (Å²) in [5.41, 5.74) is 0. The van der Waals surface area contributed by atoms with Crippen LogP contribution in [-0.2, 0) is 4.79 Å². The molecule has 0 unspecified atom stereocenters. The van der Waals surface area contributed by atoms with Gasteiger partial charge >= 0.3 is 0 Å². The average Bonchev–Trinajstić information content (AvgIpc) is 2.09. The molecule has 0 aromatic rings. The fraction of sp³-hybridized carbons (Fsp3) is 0.889. The van der Waals surface area contributed by atoms with E-state index in [0.717, 1.165) is 25.1 Å². The number of carbonyl (C=O) groups is 1. The van der Waals surface area contributed by atoms with Crippen LogP contribution in [0.1, 0.15) is 39.0 Å². The molecule has 3 heteroatoms. The highest BCUT2D eigenvalue weighted by atomic mass is 32.2. The van der Waals surface area contributed by atoms with E-state index in [4.69, 9.17) is 0 Å². The van der Waals surface area contributed by atoms with Crippen molar-refractivity contribution in [1.29, 1.82) is 0 Å². The van der Waals surface area contributed by atoms with Crippen molar-refractivity contribution in [3.63, 3.8) is 0 Å². The van der Waals surface area contributed by atoms with E-state index < -0.39 is 0 Å². The minimum absolute atomic E-state index is 0.336. The molecule has 0 aromatic carbocycles. The van der Waals surface area contributed by atoms with Crippen LogP contribution in [0.3, 0.4) is 0 Å². The van der Waals surface area contributed by atoms with Gasteiger partial charge in [0.15, 0.2) is 0 Å². The zero-order valence-electron chi connectivity index (χ0n) is 7.71. The summed E-state index contributed by atoms with van der Waals surface area (Å²) in [5.74, 6) is 1.43. The van der Waals surface area contributed by atoms with Crippen molar-refractivity contribution in [2.45, 2.75) is 39.0 Å². The number of unbranched alkanes of at least 4 members (excludes halogenated alkanes) is 1. The molecule has 1 heterocycles. The third kappa shape index (κ3) is 3.05. The van der Waals surface area contributed by atoms with Crippen LogP contribution in [0.5, 0.6) is 0 Å². The number of piperidine rings is 1. The molecule has 0 spiro atoms. The van der Waals surface area contributed by atoms with Gasteiger partial charge in [-0.3, -0.25) is 9.10 Å². The molecule has 0 aromatic heterocycles. The van der Waals surface area contributed by atoms with Gasteiger partial charge in [-0.1, -0.05) is 13.3 Å². The molecule has 0 radical (unpaired) electrons. The van der Waals surface area contributed by atoms with Gasteiger partial charge < -0.3 is 0 Å². The van der Waals surface area contributed by atoms with Crippen molar-refractivity contribution >= 4 is 17.9 Å².